The van der Waals surface area contributed by atoms with Gasteiger partial charge in [-0.2, -0.15) is 0 Å². The van der Waals surface area contributed by atoms with Gasteiger partial charge in [0.15, 0.2) is 0 Å². The number of rotatable bonds is 10. The van der Waals surface area contributed by atoms with E-state index in [9.17, 15) is 24.6 Å². The molecule has 0 aliphatic heterocycles. The van der Waals surface area contributed by atoms with Crippen molar-refractivity contribution >= 4 is 17.8 Å². The topological polar surface area (TPSA) is 142 Å². The molecule has 0 aliphatic carbocycles. The molecule has 166 valence electrons. The number of aromatic hydroxyl groups is 1. The summed E-state index contributed by atoms with van der Waals surface area (Å²) >= 11 is 0. The summed E-state index contributed by atoms with van der Waals surface area (Å²) in [6.45, 7) is 3.51. The maximum atomic E-state index is 12.8. The molecule has 0 saturated heterocycles. The molecule has 0 bridgehead atoms. The van der Waals surface area contributed by atoms with Crippen LogP contribution in [0.15, 0.2) is 54.6 Å². The molecular weight excluding hydrogens is 398 g/mol. The fourth-order valence-corrected chi connectivity index (χ4v) is 3.09. The summed E-state index contributed by atoms with van der Waals surface area (Å²) in [6, 6.07) is 12.4. The molecule has 8 nitrogen and oxygen atoms in total. The Balaban J connectivity index is 2.02. The lowest BCUT2D eigenvalue weighted by Gasteiger charge is -2.25. The van der Waals surface area contributed by atoms with Crippen molar-refractivity contribution < 1.29 is 24.6 Å². The minimum atomic E-state index is -1.20. The standard InChI is InChI=1S/C23H29N3O5/c1-14(2)20(26-21(28)18(24)12-15-6-4-3-5-7-15)22(29)25-19(23(30)31)13-16-8-10-17(27)11-9-16/h3-11,14,18-20,27H,12-13,24H2,1-2H3,(H,25,29)(H,26,28)(H,30,31). The summed E-state index contributed by atoms with van der Waals surface area (Å²) in [6.07, 6.45) is 0.353. The summed E-state index contributed by atoms with van der Waals surface area (Å²) < 4.78 is 0. The third kappa shape index (κ3) is 7.42. The zero-order chi connectivity index (χ0) is 23.0. The molecule has 31 heavy (non-hydrogen) atoms. The van der Waals surface area contributed by atoms with E-state index in [0.29, 0.717) is 12.0 Å². The van der Waals surface area contributed by atoms with Gasteiger partial charge in [-0.05, 0) is 35.6 Å². The molecule has 3 atom stereocenters. The summed E-state index contributed by atoms with van der Waals surface area (Å²) in [5.41, 5.74) is 7.54. The zero-order valence-electron chi connectivity index (χ0n) is 17.6. The first-order chi connectivity index (χ1) is 14.7. The van der Waals surface area contributed by atoms with Gasteiger partial charge in [-0.3, -0.25) is 9.59 Å². The van der Waals surface area contributed by atoms with Crippen molar-refractivity contribution in [1.82, 2.24) is 10.6 Å². The number of nitrogens with two attached hydrogens (primary N) is 1. The normalized spacial score (nSPS) is 13.8. The first kappa shape index (κ1) is 23.9. The van der Waals surface area contributed by atoms with Gasteiger partial charge < -0.3 is 26.6 Å². The van der Waals surface area contributed by atoms with Crippen molar-refractivity contribution in [3.8, 4) is 5.75 Å². The highest BCUT2D eigenvalue weighted by Crippen LogP contribution is 2.12. The Hall–Kier alpha value is -3.39. The van der Waals surface area contributed by atoms with Crippen LogP contribution in [0.3, 0.4) is 0 Å². The Morgan fingerprint density at radius 1 is 0.871 bits per heavy atom. The van der Waals surface area contributed by atoms with E-state index in [1.54, 1.807) is 26.0 Å². The van der Waals surface area contributed by atoms with Crippen molar-refractivity contribution in [2.75, 3.05) is 0 Å². The monoisotopic (exact) mass is 427 g/mol. The molecule has 2 aromatic rings. The van der Waals surface area contributed by atoms with Gasteiger partial charge in [0.1, 0.15) is 17.8 Å². The fourth-order valence-electron chi connectivity index (χ4n) is 3.09. The highest BCUT2D eigenvalue weighted by molar-refractivity contribution is 5.92. The van der Waals surface area contributed by atoms with Crippen molar-refractivity contribution in [3.05, 3.63) is 65.7 Å². The second-order valence-electron chi connectivity index (χ2n) is 7.80. The molecule has 2 amide bonds. The summed E-state index contributed by atoms with van der Waals surface area (Å²) in [5, 5.41) is 24.0. The summed E-state index contributed by atoms with van der Waals surface area (Å²) in [4.78, 5) is 37.0. The first-order valence-corrected chi connectivity index (χ1v) is 10.1. The van der Waals surface area contributed by atoms with E-state index in [4.69, 9.17) is 5.73 Å². The maximum absolute atomic E-state index is 12.8. The van der Waals surface area contributed by atoms with Crippen LogP contribution in [0.2, 0.25) is 0 Å². The summed E-state index contributed by atoms with van der Waals surface area (Å²) in [5.74, 6) is -2.49. The van der Waals surface area contributed by atoms with Gasteiger partial charge in [0, 0.05) is 6.42 Å². The SMILES string of the molecule is CC(C)C(NC(=O)C(N)Cc1ccccc1)C(=O)NC(Cc1ccc(O)cc1)C(=O)O. The lowest BCUT2D eigenvalue weighted by Crippen LogP contribution is -2.56. The molecule has 0 aliphatic rings. The Bertz CT molecular complexity index is 884. The Morgan fingerprint density at radius 3 is 2.00 bits per heavy atom. The van der Waals surface area contributed by atoms with Gasteiger partial charge in [-0.25, -0.2) is 4.79 Å². The molecule has 0 radical (unpaired) electrons. The minimum Gasteiger partial charge on any atom is -0.508 e. The number of carboxylic acid groups (broad SMARTS) is 1. The van der Waals surface area contributed by atoms with Crippen molar-refractivity contribution in [2.45, 2.75) is 44.8 Å². The number of phenolic OH excluding ortho intramolecular Hbond substituents is 1. The van der Waals surface area contributed by atoms with Gasteiger partial charge in [-0.1, -0.05) is 56.3 Å². The molecular formula is C23H29N3O5. The van der Waals surface area contributed by atoms with Crippen LogP contribution in [0.5, 0.6) is 5.75 Å². The van der Waals surface area contributed by atoms with E-state index < -0.39 is 35.9 Å². The molecule has 2 rings (SSSR count). The van der Waals surface area contributed by atoms with Crippen LogP contribution in [0.1, 0.15) is 25.0 Å². The molecule has 0 saturated carbocycles. The van der Waals surface area contributed by atoms with Crippen molar-refractivity contribution in [1.29, 1.82) is 0 Å². The fraction of sp³-hybridized carbons (Fsp3) is 0.348. The highest BCUT2D eigenvalue weighted by atomic mass is 16.4. The van der Waals surface area contributed by atoms with Gasteiger partial charge >= 0.3 is 5.97 Å². The van der Waals surface area contributed by atoms with Gasteiger partial charge in [-0.15, -0.1) is 0 Å². The van der Waals surface area contributed by atoms with Gasteiger partial charge in [0.25, 0.3) is 0 Å². The van der Waals surface area contributed by atoms with E-state index in [1.807, 2.05) is 30.3 Å². The quantitative estimate of drug-likeness (QED) is 0.386. The molecule has 0 fully saturated rings. The largest absolute Gasteiger partial charge is 0.508 e. The van der Waals surface area contributed by atoms with Crippen molar-refractivity contribution in [2.24, 2.45) is 11.7 Å². The lowest BCUT2D eigenvalue weighted by atomic mass is 10.00. The van der Waals surface area contributed by atoms with Crippen LogP contribution in [-0.4, -0.2) is 46.1 Å². The van der Waals surface area contributed by atoms with Crippen LogP contribution < -0.4 is 16.4 Å². The third-order valence-electron chi connectivity index (χ3n) is 4.87. The minimum absolute atomic E-state index is 0.0354. The number of phenols is 1. The van der Waals surface area contributed by atoms with Crippen molar-refractivity contribution in [3.63, 3.8) is 0 Å². The number of carboxylic acids is 1. The number of carbonyl (C=O) groups is 3. The zero-order valence-corrected chi connectivity index (χ0v) is 17.6. The number of amides is 2. The Kier molecular flexibility index (Phi) is 8.57. The van der Waals surface area contributed by atoms with E-state index >= 15 is 0 Å². The van der Waals surface area contributed by atoms with E-state index in [1.165, 1.54) is 12.1 Å². The number of hydrogen-bond acceptors (Lipinski definition) is 5. The highest BCUT2D eigenvalue weighted by Gasteiger charge is 2.30. The maximum Gasteiger partial charge on any atom is 0.326 e. The smallest absolute Gasteiger partial charge is 0.326 e. The average molecular weight is 428 g/mol. The third-order valence-corrected chi connectivity index (χ3v) is 4.87. The van der Waals surface area contributed by atoms with Gasteiger partial charge in [0.2, 0.25) is 11.8 Å². The van der Waals surface area contributed by atoms with Crippen LogP contribution in [0.25, 0.3) is 0 Å². The number of aliphatic carboxylic acids is 1. The van der Waals surface area contributed by atoms with Crippen LogP contribution in [0, 0.1) is 5.92 Å². The van der Waals surface area contributed by atoms with Crippen LogP contribution in [-0.2, 0) is 27.2 Å². The number of benzene rings is 2. The number of carbonyl (C=O) groups excluding carboxylic acids is 2. The number of hydrogen-bond donors (Lipinski definition) is 5. The Labute approximate surface area is 181 Å². The van der Waals surface area contributed by atoms with E-state index in [2.05, 4.69) is 10.6 Å². The Morgan fingerprint density at radius 2 is 1.45 bits per heavy atom. The number of nitrogens with one attached hydrogen (secondary N) is 2. The average Bonchev–Trinajstić information content (AvgIpc) is 2.73. The molecule has 0 heterocycles. The molecule has 3 unspecified atom stereocenters. The van der Waals surface area contributed by atoms with Crippen LogP contribution >= 0.6 is 0 Å². The predicted octanol–water partition coefficient (Wildman–Crippen LogP) is 1.21. The molecule has 8 heteroatoms. The van der Waals surface area contributed by atoms with Gasteiger partial charge in [0.05, 0.1) is 6.04 Å². The molecule has 0 aromatic heterocycles. The molecule has 0 spiro atoms. The first-order valence-electron chi connectivity index (χ1n) is 10.1. The lowest BCUT2D eigenvalue weighted by molar-refractivity contribution is -0.142. The predicted molar refractivity (Wildman–Crippen MR) is 116 cm³/mol. The molecule has 2 aromatic carbocycles. The summed E-state index contributed by atoms with van der Waals surface area (Å²) in [7, 11) is 0. The second kappa shape index (κ2) is 11.1. The van der Waals surface area contributed by atoms with E-state index in [-0.39, 0.29) is 18.1 Å². The second-order valence-corrected chi connectivity index (χ2v) is 7.80. The van der Waals surface area contributed by atoms with Crippen LogP contribution in [0.4, 0.5) is 0 Å². The molecule has 6 N–H and O–H groups in total. The van der Waals surface area contributed by atoms with E-state index in [0.717, 1.165) is 5.56 Å².